The predicted molar refractivity (Wildman–Crippen MR) is 84.3 cm³/mol. The van der Waals surface area contributed by atoms with Crippen LogP contribution in [0.1, 0.15) is 56.5 Å². The molecular weight excluding hydrogens is 326 g/mol. The topological polar surface area (TPSA) is 116 Å². The van der Waals surface area contributed by atoms with E-state index in [0.29, 0.717) is 47.7 Å². The Kier molecular flexibility index (Phi) is 3.48. The highest BCUT2D eigenvalue weighted by Gasteiger charge is 2.40. The molecule has 1 aliphatic carbocycles. The summed E-state index contributed by atoms with van der Waals surface area (Å²) in [6.45, 7) is 1.75. The van der Waals surface area contributed by atoms with Crippen LogP contribution in [-0.4, -0.2) is 43.7 Å². The van der Waals surface area contributed by atoms with Gasteiger partial charge in [-0.05, 0) is 13.3 Å². The Bertz CT molecular complexity index is 894. The van der Waals surface area contributed by atoms with E-state index in [9.17, 15) is 19.5 Å². The zero-order chi connectivity index (χ0) is 17.7. The zero-order valence-electron chi connectivity index (χ0n) is 13.7. The van der Waals surface area contributed by atoms with E-state index in [1.807, 2.05) is 0 Å². The fourth-order valence-electron chi connectivity index (χ4n) is 3.68. The number of H-pyrrole nitrogens is 1. The average Bonchev–Trinajstić information content (AvgIpc) is 3.16. The molecule has 0 unspecified atom stereocenters. The lowest BCUT2D eigenvalue weighted by Gasteiger charge is -2.32. The molecule has 0 bridgehead atoms. The molecule has 2 aromatic rings. The van der Waals surface area contributed by atoms with Gasteiger partial charge in [0.15, 0.2) is 5.78 Å². The lowest BCUT2D eigenvalue weighted by molar-refractivity contribution is -0.142. The minimum atomic E-state index is -1.09. The van der Waals surface area contributed by atoms with Gasteiger partial charge < -0.3 is 19.4 Å². The Hall–Kier alpha value is -2.90. The summed E-state index contributed by atoms with van der Waals surface area (Å²) in [5.74, 6) is -0.797. The van der Waals surface area contributed by atoms with Gasteiger partial charge in [-0.2, -0.15) is 0 Å². The number of nitrogens with zero attached hydrogens (tertiary/aromatic N) is 2. The number of furan rings is 1. The number of aromatic amines is 1. The van der Waals surface area contributed by atoms with Crippen molar-refractivity contribution >= 4 is 17.7 Å². The number of hydrogen-bond donors (Lipinski definition) is 2. The summed E-state index contributed by atoms with van der Waals surface area (Å²) < 4.78 is 5.63. The quantitative estimate of drug-likeness (QED) is 0.853. The number of fused-ring (bicyclic) bond motifs is 2. The van der Waals surface area contributed by atoms with Gasteiger partial charge in [0.2, 0.25) is 0 Å². The van der Waals surface area contributed by atoms with Crippen LogP contribution in [-0.2, 0) is 24.2 Å². The standard InChI is InChI=1S/C17H17N3O5/c1-8-14(15-12(21)3-2-4-13(15)25-8)16(22)20-6-10-9(18-7-19-10)5-11(20)17(23)24/h7,11H,2-6H2,1H3,(H,18,19)(H,23,24)/t11-/m1/s1. The molecule has 25 heavy (non-hydrogen) atoms. The Morgan fingerprint density at radius 2 is 2.20 bits per heavy atom. The highest BCUT2D eigenvalue weighted by atomic mass is 16.4. The molecule has 1 amide bonds. The number of amides is 1. The molecule has 1 atom stereocenters. The number of imidazole rings is 1. The maximum absolute atomic E-state index is 13.2. The maximum atomic E-state index is 13.2. The molecule has 0 spiro atoms. The molecule has 8 nitrogen and oxygen atoms in total. The first-order chi connectivity index (χ1) is 12.0. The summed E-state index contributed by atoms with van der Waals surface area (Å²) in [5, 5.41) is 9.56. The minimum absolute atomic E-state index is 0.110. The lowest BCUT2D eigenvalue weighted by atomic mass is 9.92. The van der Waals surface area contributed by atoms with Gasteiger partial charge in [-0.15, -0.1) is 0 Å². The minimum Gasteiger partial charge on any atom is -0.480 e. The van der Waals surface area contributed by atoms with Crippen LogP contribution in [0.2, 0.25) is 0 Å². The van der Waals surface area contributed by atoms with Crippen molar-refractivity contribution in [1.29, 1.82) is 0 Å². The van der Waals surface area contributed by atoms with Gasteiger partial charge in [0, 0.05) is 19.3 Å². The summed E-state index contributed by atoms with van der Waals surface area (Å²) >= 11 is 0. The molecule has 0 saturated heterocycles. The van der Waals surface area contributed by atoms with Crippen LogP contribution in [0.15, 0.2) is 10.7 Å². The number of carboxylic acid groups (broad SMARTS) is 1. The molecule has 1 aliphatic heterocycles. The highest BCUT2D eigenvalue weighted by molar-refractivity contribution is 6.10. The summed E-state index contributed by atoms with van der Waals surface area (Å²) in [5.41, 5.74) is 1.90. The fraction of sp³-hybridized carbons (Fsp3) is 0.412. The molecule has 2 aliphatic rings. The summed E-state index contributed by atoms with van der Waals surface area (Å²) in [4.78, 5) is 45.5. The van der Waals surface area contributed by atoms with Gasteiger partial charge in [-0.25, -0.2) is 9.78 Å². The van der Waals surface area contributed by atoms with Crippen LogP contribution >= 0.6 is 0 Å². The summed E-state index contributed by atoms with van der Waals surface area (Å²) in [6.07, 6.45) is 3.31. The fourth-order valence-corrected chi connectivity index (χ4v) is 3.68. The van der Waals surface area contributed by atoms with Gasteiger partial charge in [-0.3, -0.25) is 9.59 Å². The lowest BCUT2D eigenvalue weighted by Crippen LogP contribution is -2.49. The zero-order valence-corrected chi connectivity index (χ0v) is 13.7. The number of hydrogen-bond acceptors (Lipinski definition) is 5. The second-order valence-corrected chi connectivity index (χ2v) is 6.43. The largest absolute Gasteiger partial charge is 0.480 e. The van der Waals surface area contributed by atoms with E-state index in [-0.39, 0.29) is 24.3 Å². The molecule has 0 radical (unpaired) electrons. The number of nitrogens with one attached hydrogen (secondary N) is 1. The highest BCUT2D eigenvalue weighted by Crippen LogP contribution is 2.32. The Morgan fingerprint density at radius 1 is 1.40 bits per heavy atom. The first-order valence-electron chi connectivity index (χ1n) is 8.17. The molecule has 4 rings (SSSR count). The molecule has 0 aromatic carbocycles. The van der Waals surface area contributed by atoms with Gasteiger partial charge in [0.1, 0.15) is 17.6 Å². The Labute approximate surface area is 142 Å². The summed E-state index contributed by atoms with van der Waals surface area (Å²) in [7, 11) is 0. The van der Waals surface area contributed by atoms with Crippen molar-refractivity contribution < 1.29 is 23.9 Å². The molecule has 2 N–H and O–H groups in total. The van der Waals surface area contributed by atoms with Crippen molar-refractivity contribution in [2.75, 3.05) is 0 Å². The summed E-state index contributed by atoms with van der Waals surface area (Å²) in [6, 6.07) is -1.02. The van der Waals surface area contributed by atoms with Crippen molar-refractivity contribution in [3.63, 3.8) is 0 Å². The molecule has 0 saturated carbocycles. The normalized spacial score (nSPS) is 19.5. The second-order valence-electron chi connectivity index (χ2n) is 6.43. The molecular formula is C17H17N3O5. The van der Waals surface area contributed by atoms with Crippen LogP contribution in [0, 0.1) is 6.92 Å². The average molecular weight is 343 g/mol. The van der Waals surface area contributed by atoms with E-state index in [2.05, 4.69) is 9.97 Å². The van der Waals surface area contributed by atoms with E-state index >= 15 is 0 Å². The molecule has 130 valence electrons. The third-order valence-electron chi connectivity index (χ3n) is 4.90. The van der Waals surface area contributed by atoms with Gasteiger partial charge in [0.25, 0.3) is 5.91 Å². The number of ketones is 1. The Morgan fingerprint density at radius 3 is 2.96 bits per heavy atom. The van der Waals surface area contributed by atoms with E-state index in [4.69, 9.17) is 4.42 Å². The van der Waals surface area contributed by atoms with Crippen LogP contribution in [0.4, 0.5) is 0 Å². The number of aryl methyl sites for hydroxylation is 2. The van der Waals surface area contributed by atoms with Gasteiger partial charge in [-0.1, -0.05) is 0 Å². The van der Waals surface area contributed by atoms with Crippen molar-refractivity contribution in [2.45, 2.75) is 45.2 Å². The third-order valence-corrected chi connectivity index (χ3v) is 4.90. The van der Waals surface area contributed by atoms with Crippen LogP contribution in [0.3, 0.4) is 0 Å². The third kappa shape index (κ3) is 2.36. The first-order valence-corrected chi connectivity index (χ1v) is 8.17. The van der Waals surface area contributed by atoms with Gasteiger partial charge in [0.05, 0.1) is 35.4 Å². The van der Waals surface area contributed by atoms with Crippen LogP contribution < -0.4 is 0 Å². The van der Waals surface area contributed by atoms with Crippen molar-refractivity contribution in [3.05, 3.63) is 40.4 Å². The smallest absolute Gasteiger partial charge is 0.326 e. The van der Waals surface area contributed by atoms with Crippen molar-refractivity contribution in [2.24, 2.45) is 0 Å². The number of Topliss-reactive ketones (excluding diaryl/α,β-unsaturated/α-hetero) is 1. The SMILES string of the molecule is Cc1oc2c(c1C(=O)N1Cc3[nH]cnc3C[C@@H]1C(=O)O)C(=O)CCC2. The molecule has 0 fully saturated rings. The van der Waals surface area contributed by atoms with Crippen molar-refractivity contribution in [3.8, 4) is 0 Å². The number of rotatable bonds is 2. The molecule has 8 heteroatoms. The van der Waals surface area contributed by atoms with E-state index in [1.54, 1.807) is 6.92 Å². The number of carbonyl (C=O) groups is 3. The monoisotopic (exact) mass is 343 g/mol. The van der Waals surface area contributed by atoms with E-state index in [1.165, 1.54) is 11.2 Å². The Balaban J connectivity index is 1.77. The van der Waals surface area contributed by atoms with E-state index < -0.39 is 17.9 Å². The second kappa shape index (κ2) is 5.58. The predicted octanol–water partition coefficient (Wildman–Crippen LogP) is 1.48. The molecule has 2 aromatic heterocycles. The number of carbonyl (C=O) groups excluding carboxylic acids is 2. The van der Waals surface area contributed by atoms with E-state index in [0.717, 1.165) is 0 Å². The number of aromatic nitrogens is 2. The van der Waals surface area contributed by atoms with Crippen LogP contribution in [0.5, 0.6) is 0 Å². The molecule has 3 heterocycles. The van der Waals surface area contributed by atoms with Crippen molar-refractivity contribution in [1.82, 2.24) is 14.9 Å². The maximum Gasteiger partial charge on any atom is 0.326 e. The van der Waals surface area contributed by atoms with Gasteiger partial charge >= 0.3 is 5.97 Å². The first kappa shape index (κ1) is 15.6. The number of aliphatic carboxylic acids is 1. The number of carboxylic acids is 1. The van der Waals surface area contributed by atoms with Crippen LogP contribution in [0.25, 0.3) is 0 Å².